The van der Waals surface area contributed by atoms with Crippen molar-refractivity contribution in [3.63, 3.8) is 0 Å². The van der Waals surface area contributed by atoms with E-state index in [4.69, 9.17) is 0 Å². The topological polar surface area (TPSA) is 15.3 Å². The van der Waals surface area contributed by atoms with Gasteiger partial charge >= 0.3 is 0 Å². The molecule has 1 N–H and O–H groups in total. The zero-order valence-corrected chi connectivity index (χ0v) is 12.1. The molecule has 0 radical (unpaired) electrons. The van der Waals surface area contributed by atoms with Crippen LogP contribution in [-0.4, -0.2) is 36.1 Å². The second-order valence-electron chi connectivity index (χ2n) is 6.84. The Morgan fingerprint density at radius 1 is 1.35 bits per heavy atom. The van der Waals surface area contributed by atoms with Crippen molar-refractivity contribution in [2.75, 3.05) is 19.6 Å². The van der Waals surface area contributed by atoms with Gasteiger partial charge in [0, 0.05) is 31.2 Å². The van der Waals surface area contributed by atoms with Crippen LogP contribution in [0.1, 0.15) is 53.4 Å². The minimum atomic E-state index is 0.402. The molecule has 0 aromatic rings. The zero-order valence-electron chi connectivity index (χ0n) is 12.1. The molecule has 100 valence electrons. The molecule has 0 aromatic carbocycles. The van der Waals surface area contributed by atoms with Crippen molar-refractivity contribution in [3.05, 3.63) is 0 Å². The molecule has 2 aliphatic rings. The standard InChI is InChI=1S/C15H30N2/c1-5-6-14-9-16-15(4,13-7-8-13)11-17(14)10-12(2)3/h12-14,16H,5-11H2,1-4H3. The molecule has 2 nitrogen and oxygen atoms in total. The summed E-state index contributed by atoms with van der Waals surface area (Å²) in [6.45, 7) is 13.2. The number of nitrogens with one attached hydrogen (secondary N) is 1. The molecule has 1 aliphatic carbocycles. The molecular weight excluding hydrogens is 208 g/mol. The van der Waals surface area contributed by atoms with Crippen molar-refractivity contribution >= 4 is 0 Å². The van der Waals surface area contributed by atoms with Gasteiger partial charge in [0.1, 0.15) is 0 Å². The lowest BCUT2D eigenvalue weighted by atomic mass is 9.89. The van der Waals surface area contributed by atoms with Crippen LogP contribution in [0.2, 0.25) is 0 Å². The van der Waals surface area contributed by atoms with Crippen LogP contribution in [0.15, 0.2) is 0 Å². The molecule has 17 heavy (non-hydrogen) atoms. The first-order valence-corrected chi connectivity index (χ1v) is 7.54. The molecule has 1 aliphatic heterocycles. The Balaban J connectivity index is 1.98. The quantitative estimate of drug-likeness (QED) is 0.792. The van der Waals surface area contributed by atoms with Crippen LogP contribution in [-0.2, 0) is 0 Å². The van der Waals surface area contributed by atoms with E-state index in [2.05, 4.69) is 37.9 Å². The van der Waals surface area contributed by atoms with Gasteiger partial charge in [-0.15, -0.1) is 0 Å². The number of hydrogen-bond acceptors (Lipinski definition) is 2. The maximum absolute atomic E-state index is 3.85. The zero-order chi connectivity index (χ0) is 12.5. The van der Waals surface area contributed by atoms with Gasteiger partial charge in [-0.1, -0.05) is 27.2 Å². The maximum atomic E-state index is 3.85. The van der Waals surface area contributed by atoms with Crippen molar-refractivity contribution < 1.29 is 0 Å². The van der Waals surface area contributed by atoms with Gasteiger partial charge in [-0.05, 0) is 38.0 Å². The maximum Gasteiger partial charge on any atom is 0.0309 e. The SMILES string of the molecule is CCCC1CNC(C)(C2CC2)CN1CC(C)C. The predicted molar refractivity (Wildman–Crippen MR) is 74.2 cm³/mol. The summed E-state index contributed by atoms with van der Waals surface area (Å²) in [5.41, 5.74) is 0.402. The first-order chi connectivity index (χ1) is 8.05. The Morgan fingerprint density at radius 3 is 2.59 bits per heavy atom. The number of hydrogen-bond donors (Lipinski definition) is 1. The summed E-state index contributed by atoms with van der Waals surface area (Å²) >= 11 is 0. The molecule has 1 saturated carbocycles. The minimum absolute atomic E-state index is 0.402. The van der Waals surface area contributed by atoms with Crippen molar-refractivity contribution in [3.8, 4) is 0 Å². The Hall–Kier alpha value is -0.0800. The van der Waals surface area contributed by atoms with Gasteiger partial charge in [0.05, 0.1) is 0 Å². The molecule has 0 bridgehead atoms. The summed E-state index contributed by atoms with van der Waals surface area (Å²) in [6, 6.07) is 0.772. The molecule has 0 spiro atoms. The van der Waals surface area contributed by atoms with Gasteiger partial charge in [-0.25, -0.2) is 0 Å². The number of piperazine rings is 1. The highest BCUT2D eigenvalue weighted by Crippen LogP contribution is 2.41. The van der Waals surface area contributed by atoms with E-state index in [0.29, 0.717) is 5.54 Å². The molecule has 2 unspecified atom stereocenters. The second kappa shape index (κ2) is 5.27. The summed E-state index contributed by atoms with van der Waals surface area (Å²) in [5.74, 6) is 1.73. The lowest BCUT2D eigenvalue weighted by Crippen LogP contribution is -2.64. The number of rotatable bonds is 5. The average Bonchev–Trinajstić information content (AvgIpc) is 3.05. The van der Waals surface area contributed by atoms with Crippen LogP contribution in [0.3, 0.4) is 0 Å². The molecule has 2 fully saturated rings. The largest absolute Gasteiger partial charge is 0.308 e. The van der Waals surface area contributed by atoms with E-state index in [9.17, 15) is 0 Å². The Labute approximate surface area is 107 Å². The summed E-state index contributed by atoms with van der Waals surface area (Å²) < 4.78 is 0. The predicted octanol–water partition coefficient (Wildman–Crippen LogP) is 2.89. The fraction of sp³-hybridized carbons (Fsp3) is 1.00. The molecular formula is C15H30N2. The highest BCUT2D eigenvalue weighted by molar-refractivity contribution is 5.04. The molecule has 2 atom stereocenters. The van der Waals surface area contributed by atoms with E-state index in [1.807, 2.05) is 0 Å². The van der Waals surface area contributed by atoms with E-state index >= 15 is 0 Å². The van der Waals surface area contributed by atoms with E-state index in [-0.39, 0.29) is 0 Å². The molecule has 1 heterocycles. The Kier molecular flexibility index (Phi) is 4.14. The Bertz CT molecular complexity index is 247. The highest BCUT2D eigenvalue weighted by Gasteiger charge is 2.45. The van der Waals surface area contributed by atoms with Gasteiger partial charge in [-0.2, -0.15) is 0 Å². The highest BCUT2D eigenvalue weighted by atomic mass is 15.3. The fourth-order valence-corrected chi connectivity index (χ4v) is 3.38. The van der Waals surface area contributed by atoms with Crippen molar-refractivity contribution in [1.29, 1.82) is 0 Å². The van der Waals surface area contributed by atoms with Gasteiger partial charge in [0.25, 0.3) is 0 Å². The van der Waals surface area contributed by atoms with Gasteiger partial charge in [0.2, 0.25) is 0 Å². The lowest BCUT2D eigenvalue weighted by Gasteiger charge is -2.47. The first-order valence-electron chi connectivity index (χ1n) is 7.54. The van der Waals surface area contributed by atoms with Crippen LogP contribution in [0.25, 0.3) is 0 Å². The van der Waals surface area contributed by atoms with Crippen molar-refractivity contribution in [1.82, 2.24) is 10.2 Å². The molecule has 0 amide bonds. The second-order valence-corrected chi connectivity index (χ2v) is 6.84. The van der Waals surface area contributed by atoms with E-state index in [1.54, 1.807) is 0 Å². The van der Waals surface area contributed by atoms with Crippen LogP contribution in [0.5, 0.6) is 0 Å². The molecule has 2 rings (SSSR count). The third kappa shape index (κ3) is 3.23. The summed E-state index contributed by atoms with van der Waals surface area (Å²) in [6.07, 6.45) is 5.54. The van der Waals surface area contributed by atoms with E-state index < -0.39 is 0 Å². The molecule has 0 aromatic heterocycles. The third-order valence-electron chi connectivity index (χ3n) is 4.49. The van der Waals surface area contributed by atoms with Crippen LogP contribution < -0.4 is 5.32 Å². The first kappa shape index (κ1) is 13.4. The Morgan fingerprint density at radius 2 is 2.06 bits per heavy atom. The summed E-state index contributed by atoms with van der Waals surface area (Å²) in [5, 5.41) is 3.85. The van der Waals surface area contributed by atoms with Gasteiger partial charge < -0.3 is 5.32 Å². The van der Waals surface area contributed by atoms with E-state index in [1.165, 1.54) is 45.3 Å². The van der Waals surface area contributed by atoms with Crippen LogP contribution >= 0.6 is 0 Å². The van der Waals surface area contributed by atoms with Crippen molar-refractivity contribution in [2.24, 2.45) is 11.8 Å². The summed E-state index contributed by atoms with van der Waals surface area (Å²) in [7, 11) is 0. The average molecular weight is 238 g/mol. The van der Waals surface area contributed by atoms with Crippen LogP contribution in [0.4, 0.5) is 0 Å². The summed E-state index contributed by atoms with van der Waals surface area (Å²) in [4.78, 5) is 2.77. The fourth-order valence-electron chi connectivity index (χ4n) is 3.38. The minimum Gasteiger partial charge on any atom is -0.308 e. The molecule has 1 saturated heterocycles. The normalized spacial score (nSPS) is 35.5. The van der Waals surface area contributed by atoms with E-state index in [0.717, 1.165) is 17.9 Å². The third-order valence-corrected chi connectivity index (χ3v) is 4.49. The van der Waals surface area contributed by atoms with Gasteiger partial charge in [0.15, 0.2) is 0 Å². The smallest absolute Gasteiger partial charge is 0.0309 e. The monoisotopic (exact) mass is 238 g/mol. The van der Waals surface area contributed by atoms with Crippen LogP contribution in [0, 0.1) is 11.8 Å². The van der Waals surface area contributed by atoms with Crippen molar-refractivity contribution in [2.45, 2.75) is 65.0 Å². The molecule has 2 heteroatoms. The number of nitrogens with zero attached hydrogens (tertiary/aromatic N) is 1. The lowest BCUT2D eigenvalue weighted by molar-refractivity contribution is 0.0607. The van der Waals surface area contributed by atoms with Gasteiger partial charge in [-0.3, -0.25) is 4.90 Å².